The van der Waals surface area contributed by atoms with Crippen LogP contribution in [-0.2, 0) is 24.0 Å². The van der Waals surface area contributed by atoms with E-state index in [1.54, 1.807) is 19.1 Å². The van der Waals surface area contributed by atoms with Gasteiger partial charge >= 0.3 is 11.9 Å². The number of carbonyl (C=O) groups is 3. The lowest BCUT2D eigenvalue weighted by atomic mass is 9.47. The smallest absolute Gasteiger partial charge is 0.386 e. The number of ether oxygens (including phenoxy) is 1. The summed E-state index contributed by atoms with van der Waals surface area (Å²) in [4.78, 5) is 41.5. The zero-order chi connectivity index (χ0) is 21.9. The van der Waals surface area contributed by atoms with Crippen LogP contribution in [0.4, 0.5) is 0 Å². The molecule has 4 aliphatic rings. The summed E-state index contributed by atoms with van der Waals surface area (Å²) in [7, 11) is 0. The van der Waals surface area contributed by atoms with Crippen molar-refractivity contribution in [3.63, 3.8) is 0 Å². The van der Waals surface area contributed by atoms with E-state index in [9.17, 15) is 19.6 Å². The minimum Gasteiger partial charge on any atom is -0.446 e. The minimum absolute atomic E-state index is 0.0623. The van der Waals surface area contributed by atoms with Gasteiger partial charge in [0.25, 0.3) is 0 Å². The Labute approximate surface area is 177 Å². The van der Waals surface area contributed by atoms with Crippen molar-refractivity contribution < 1.29 is 29.3 Å². The Bertz CT molecular complexity index is 843. The summed E-state index contributed by atoms with van der Waals surface area (Å²) in [6.45, 7) is 7.88. The van der Waals surface area contributed by atoms with Crippen molar-refractivity contribution in [3.05, 3.63) is 23.8 Å². The molecule has 6 heteroatoms. The Balaban J connectivity index is 1.75. The average Bonchev–Trinajstić information content (AvgIpc) is 2.95. The summed E-state index contributed by atoms with van der Waals surface area (Å²) in [5, 5.41) is 9.33. The number of ketones is 1. The van der Waals surface area contributed by atoms with E-state index in [-0.39, 0.29) is 29.5 Å². The van der Waals surface area contributed by atoms with Crippen LogP contribution >= 0.6 is 0 Å². The van der Waals surface area contributed by atoms with E-state index < -0.39 is 23.0 Å². The lowest BCUT2D eigenvalue weighted by Gasteiger charge is -2.57. The summed E-state index contributed by atoms with van der Waals surface area (Å²) < 4.78 is 5.87. The molecule has 0 aromatic rings. The topological polar surface area (TPSA) is 89.9 Å². The van der Waals surface area contributed by atoms with Gasteiger partial charge in [-0.1, -0.05) is 39.3 Å². The van der Waals surface area contributed by atoms with Crippen LogP contribution < -0.4 is 0 Å². The second-order valence-corrected chi connectivity index (χ2v) is 10.1. The first-order valence-electron chi connectivity index (χ1n) is 11.2. The highest BCUT2D eigenvalue weighted by Gasteiger charge is 2.72. The van der Waals surface area contributed by atoms with E-state index in [1.165, 1.54) is 5.57 Å². The Morgan fingerprint density at radius 2 is 1.97 bits per heavy atom. The first-order valence-corrected chi connectivity index (χ1v) is 11.2. The first kappa shape index (κ1) is 21.3. The highest BCUT2D eigenvalue weighted by atomic mass is 17.1. The lowest BCUT2D eigenvalue weighted by molar-refractivity contribution is -0.269. The fourth-order valence-electron chi connectivity index (χ4n) is 7.54. The zero-order valence-corrected chi connectivity index (χ0v) is 18.3. The summed E-state index contributed by atoms with van der Waals surface area (Å²) in [6, 6.07) is 0. The summed E-state index contributed by atoms with van der Waals surface area (Å²) >= 11 is 0. The number of rotatable bonds is 3. The molecule has 30 heavy (non-hydrogen) atoms. The maximum atomic E-state index is 12.9. The van der Waals surface area contributed by atoms with Crippen molar-refractivity contribution in [2.24, 2.45) is 34.5 Å². The number of hydrogen-bond donors (Lipinski definition) is 1. The van der Waals surface area contributed by atoms with Gasteiger partial charge in [0.2, 0.25) is 5.60 Å². The van der Waals surface area contributed by atoms with Crippen LogP contribution in [0.25, 0.3) is 0 Å². The van der Waals surface area contributed by atoms with Gasteiger partial charge in [-0.15, -0.1) is 0 Å². The predicted octanol–water partition coefficient (Wildman–Crippen LogP) is 4.25. The van der Waals surface area contributed by atoms with Gasteiger partial charge in [0.05, 0.1) is 0 Å². The van der Waals surface area contributed by atoms with Crippen LogP contribution in [0, 0.1) is 34.5 Å². The van der Waals surface area contributed by atoms with Crippen LogP contribution in [0.2, 0.25) is 0 Å². The molecular weight excluding hydrogens is 384 g/mol. The maximum Gasteiger partial charge on any atom is 0.386 e. The fourth-order valence-corrected chi connectivity index (χ4v) is 7.54. The van der Waals surface area contributed by atoms with E-state index in [0.717, 1.165) is 25.7 Å². The standard InChI is InChI=1S/C24H32O6/c1-5-20(26)29-24(21(27)30-28)14(2)12-19-17-7-6-15-13-16(25)8-10-22(15,3)18(17)9-11-23(19,24)4/h8,10,13-14,17-19,28H,5-7,9,11-12H2,1-4H3/t14-,17-,18+,19+,22+,23+,24+/m1/s1. The molecule has 0 aromatic heterocycles. The quantitative estimate of drug-likeness (QED) is 0.420. The molecule has 0 amide bonds. The maximum absolute atomic E-state index is 12.9. The minimum atomic E-state index is -1.47. The molecular formula is C24H32O6. The first-order chi connectivity index (χ1) is 14.1. The van der Waals surface area contributed by atoms with E-state index in [2.05, 4.69) is 17.9 Å². The Hall–Kier alpha value is -1.95. The molecule has 0 bridgehead atoms. The van der Waals surface area contributed by atoms with Gasteiger partial charge in [0.15, 0.2) is 5.78 Å². The van der Waals surface area contributed by atoms with Crippen LogP contribution in [0.1, 0.15) is 66.2 Å². The number of allylic oxidation sites excluding steroid dienone is 4. The molecule has 3 saturated carbocycles. The van der Waals surface area contributed by atoms with Gasteiger partial charge in [0, 0.05) is 23.2 Å². The van der Waals surface area contributed by atoms with Crippen LogP contribution in [0.15, 0.2) is 23.8 Å². The van der Waals surface area contributed by atoms with Crippen molar-refractivity contribution in [1.29, 1.82) is 0 Å². The molecule has 164 valence electrons. The number of esters is 1. The van der Waals surface area contributed by atoms with Crippen LogP contribution in [-0.4, -0.2) is 28.6 Å². The van der Waals surface area contributed by atoms with Crippen molar-refractivity contribution >= 4 is 17.7 Å². The van der Waals surface area contributed by atoms with Crippen molar-refractivity contribution in [2.75, 3.05) is 0 Å². The third-order valence-electron chi connectivity index (χ3n) is 9.05. The molecule has 4 aliphatic carbocycles. The highest BCUT2D eigenvalue weighted by molar-refractivity contribution is 6.01. The molecule has 0 heterocycles. The molecule has 0 spiro atoms. The largest absolute Gasteiger partial charge is 0.446 e. The van der Waals surface area contributed by atoms with E-state index >= 15 is 0 Å². The van der Waals surface area contributed by atoms with Gasteiger partial charge < -0.3 is 4.74 Å². The Morgan fingerprint density at radius 3 is 2.63 bits per heavy atom. The second-order valence-electron chi connectivity index (χ2n) is 10.1. The van der Waals surface area contributed by atoms with Crippen LogP contribution in [0.5, 0.6) is 0 Å². The molecule has 6 nitrogen and oxygen atoms in total. The van der Waals surface area contributed by atoms with Crippen LogP contribution in [0.3, 0.4) is 0 Å². The molecule has 0 saturated heterocycles. The second kappa shape index (κ2) is 7.04. The monoisotopic (exact) mass is 416 g/mol. The van der Waals surface area contributed by atoms with E-state index in [4.69, 9.17) is 4.74 Å². The summed E-state index contributed by atoms with van der Waals surface area (Å²) in [5.41, 5.74) is -1.02. The summed E-state index contributed by atoms with van der Waals surface area (Å²) in [6.07, 6.45) is 9.83. The third-order valence-corrected chi connectivity index (χ3v) is 9.05. The molecule has 3 fully saturated rings. The van der Waals surface area contributed by atoms with Crippen molar-refractivity contribution in [2.45, 2.75) is 71.8 Å². The van der Waals surface area contributed by atoms with Gasteiger partial charge in [0.1, 0.15) is 0 Å². The molecule has 4 rings (SSSR count). The van der Waals surface area contributed by atoms with Gasteiger partial charge in [-0.25, -0.2) is 4.79 Å². The van der Waals surface area contributed by atoms with Gasteiger partial charge in [-0.2, -0.15) is 5.26 Å². The van der Waals surface area contributed by atoms with Gasteiger partial charge in [-0.3, -0.25) is 14.5 Å². The highest BCUT2D eigenvalue weighted by Crippen LogP contribution is 2.69. The predicted molar refractivity (Wildman–Crippen MR) is 109 cm³/mol. The molecule has 0 unspecified atom stereocenters. The zero-order valence-electron chi connectivity index (χ0n) is 18.3. The average molecular weight is 417 g/mol. The molecule has 0 radical (unpaired) electrons. The SMILES string of the molecule is CCC(=O)O[C@]1(C(=O)OO)[C@H](C)C[C@H]2[C@@H]3CCC4=CC(=O)C=C[C@]4(C)[C@H]3CC[C@@]21C. The third kappa shape index (κ3) is 2.62. The molecule has 0 aromatic carbocycles. The van der Waals surface area contributed by atoms with E-state index in [1.807, 2.05) is 13.8 Å². The molecule has 7 atom stereocenters. The van der Waals surface area contributed by atoms with Gasteiger partial charge in [-0.05, 0) is 62.0 Å². The lowest BCUT2D eigenvalue weighted by Crippen LogP contribution is -2.61. The number of fused-ring (bicyclic) bond motifs is 5. The fraction of sp³-hybridized carbons (Fsp3) is 0.708. The Morgan fingerprint density at radius 1 is 1.23 bits per heavy atom. The normalized spacial score (nSPS) is 44.4. The Kier molecular flexibility index (Phi) is 5.00. The molecule has 0 aliphatic heterocycles. The number of carbonyl (C=O) groups excluding carboxylic acids is 3. The summed E-state index contributed by atoms with van der Waals surface area (Å²) in [5.74, 6) is -0.618. The molecule has 1 N–H and O–H groups in total. The van der Waals surface area contributed by atoms with Crippen molar-refractivity contribution in [3.8, 4) is 0 Å². The van der Waals surface area contributed by atoms with Crippen molar-refractivity contribution in [1.82, 2.24) is 0 Å². The number of hydrogen-bond acceptors (Lipinski definition) is 6. The van der Waals surface area contributed by atoms with E-state index in [0.29, 0.717) is 18.3 Å².